The average Bonchev–Trinajstić information content (AvgIpc) is 2.48. The summed E-state index contributed by atoms with van der Waals surface area (Å²) in [5.74, 6) is 0.342. The maximum atomic E-state index is 10.8. The van der Waals surface area contributed by atoms with Gasteiger partial charge in [-0.3, -0.25) is 0 Å². The van der Waals surface area contributed by atoms with Crippen LogP contribution in [0.4, 0.5) is 0 Å². The molecule has 0 aliphatic heterocycles. The summed E-state index contributed by atoms with van der Waals surface area (Å²) in [5.41, 5.74) is 0.241. The molecule has 0 saturated heterocycles. The fraction of sp³-hybridized carbons (Fsp3) is 0.562. The van der Waals surface area contributed by atoms with Gasteiger partial charge in [0.15, 0.2) is 0 Å². The van der Waals surface area contributed by atoms with Crippen molar-refractivity contribution in [1.29, 1.82) is 0 Å². The summed E-state index contributed by atoms with van der Waals surface area (Å²) in [7, 11) is 0. The molecule has 0 amide bonds. The number of hydrogen-bond donors (Lipinski definition) is 1. The highest BCUT2D eigenvalue weighted by Gasteiger charge is 2.13. The predicted molar refractivity (Wildman–Crippen MR) is 76.3 cm³/mol. The van der Waals surface area contributed by atoms with Gasteiger partial charge in [-0.1, -0.05) is 25.3 Å². The van der Waals surface area contributed by atoms with Crippen molar-refractivity contribution in [2.75, 3.05) is 19.8 Å². The quantitative estimate of drug-likeness (QED) is 0.777. The second kappa shape index (κ2) is 7.90. The van der Waals surface area contributed by atoms with Gasteiger partial charge >= 0.3 is 5.97 Å². The lowest BCUT2D eigenvalue weighted by Crippen LogP contribution is -2.16. The Bertz CT molecular complexity index is 424. The predicted octanol–water partition coefficient (Wildman–Crippen LogP) is 3.36. The number of aromatic carboxylic acids is 1. The lowest BCUT2D eigenvalue weighted by atomic mass is 9.90. The second-order valence-corrected chi connectivity index (χ2v) is 5.26. The van der Waals surface area contributed by atoms with Crippen molar-refractivity contribution in [2.45, 2.75) is 32.1 Å². The number of carbonyl (C=O) groups is 1. The standard InChI is InChI=1S/C16H22O4/c17-16(18)14-7-4-8-15(11-14)20-10-9-19-12-13-5-2-1-3-6-13/h4,7-8,11,13H,1-3,5-6,9-10,12H2,(H,17,18). The lowest BCUT2D eigenvalue weighted by molar-refractivity contribution is 0.0633. The van der Waals surface area contributed by atoms with E-state index in [0.29, 0.717) is 24.9 Å². The van der Waals surface area contributed by atoms with Gasteiger partial charge in [-0.05, 0) is 37.0 Å². The lowest BCUT2D eigenvalue weighted by Gasteiger charge is -2.21. The molecule has 1 aliphatic carbocycles. The van der Waals surface area contributed by atoms with Crippen LogP contribution in [0.1, 0.15) is 42.5 Å². The fourth-order valence-electron chi connectivity index (χ4n) is 2.54. The van der Waals surface area contributed by atoms with Crippen LogP contribution in [-0.4, -0.2) is 30.9 Å². The Hall–Kier alpha value is -1.55. The molecular formula is C16H22O4. The van der Waals surface area contributed by atoms with Crippen LogP contribution in [0.15, 0.2) is 24.3 Å². The molecule has 110 valence electrons. The molecular weight excluding hydrogens is 256 g/mol. The van der Waals surface area contributed by atoms with Gasteiger partial charge in [-0.15, -0.1) is 0 Å². The van der Waals surface area contributed by atoms with E-state index < -0.39 is 5.97 Å². The Morgan fingerprint density at radius 3 is 2.75 bits per heavy atom. The molecule has 1 N–H and O–H groups in total. The first kappa shape index (κ1) is 14.9. The molecule has 1 saturated carbocycles. The van der Waals surface area contributed by atoms with Crippen LogP contribution in [0, 0.1) is 5.92 Å². The van der Waals surface area contributed by atoms with Crippen LogP contribution in [0.3, 0.4) is 0 Å². The zero-order chi connectivity index (χ0) is 14.2. The van der Waals surface area contributed by atoms with Crippen LogP contribution >= 0.6 is 0 Å². The minimum atomic E-state index is -0.941. The van der Waals surface area contributed by atoms with E-state index in [2.05, 4.69) is 0 Å². The first-order valence-electron chi connectivity index (χ1n) is 7.29. The van der Waals surface area contributed by atoms with Crippen LogP contribution in [-0.2, 0) is 4.74 Å². The van der Waals surface area contributed by atoms with E-state index in [0.717, 1.165) is 6.61 Å². The second-order valence-electron chi connectivity index (χ2n) is 5.26. The van der Waals surface area contributed by atoms with Crippen molar-refractivity contribution < 1.29 is 19.4 Å². The van der Waals surface area contributed by atoms with E-state index in [-0.39, 0.29) is 5.56 Å². The van der Waals surface area contributed by atoms with E-state index in [1.807, 2.05) is 0 Å². The molecule has 0 atom stereocenters. The highest BCUT2D eigenvalue weighted by molar-refractivity contribution is 5.87. The fourth-order valence-corrected chi connectivity index (χ4v) is 2.54. The zero-order valence-corrected chi connectivity index (χ0v) is 11.7. The van der Waals surface area contributed by atoms with Gasteiger partial charge in [0.25, 0.3) is 0 Å². The minimum absolute atomic E-state index is 0.241. The largest absolute Gasteiger partial charge is 0.491 e. The smallest absolute Gasteiger partial charge is 0.335 e. The summed E-state index contributed by atoms with van der Waals surface area (Å²) in [6.07, 6.45) is 6.57. The Kier molecular flexibility index (Phi) is 5.87. The normalized spacial score (nSPS) is 16.0. The maximum Gasteiger partial charge on any atom is 0.335 e. The first-order chi connectivity index (χ1) is 9.75. The van der Waals surface area contributed by atoms with E-state index in [9.17, 15) is 4.79 Å². The number of rotatable bonds is 7. The van der Waals surface area contributed by atoms with Gasteiger partial charge in [0.05, 0.1) is 12.2 Å². The highest BCUT2D eigenvalue weighted by Crippen LogP contribution is 2.23. The molecule has 4 nitrogen and oxygen atoms in total. The molecule has 1 aromatic rings. The van der Waals surface area contributed by atoms with Crippen molar-refractivity contribution in [2.24, 2.45) is 5.92 Å². The first-order valence-corrected chi connectivity index (χ1v) is 7.29. The summed E-state index contributed by atoms with van der Waals surface area (Å²) in [6.45, 7) is 1.82. The van der Waals surface area contributed by atoms with Crippen molar-refractivity contribution in [1.82, 2.24) is 0 Å². The summed E-state index contributed by atoms with van der Waals surface area (Å²) < 4.78 is 11.1. The number of carboxylic acids is 1. The van der Waals surface area contributed by atoms with E-state index in [1.54, 1.807) is 18.2 Å². The van der Waals surface area contributed by atoms with Crippen LogP contribution in [0.25, 0.3) is 0 Å². The topological polar surface area (TPSA) is 55.8 Å². The molecule has 0 bridgehead atoms. The highest BCUT2D eigenvalue weighted by atomic mass is 16.5. The molecule has 0 spiro atoms. The van der Waals surface area contributed by atoms with Gasteiger partial charge in [0.1, 0.15) is 12.4 Å². The molecule has 1 aromatic carbocycles. The Labute approximate surface area is 119 Å². The summed E-state index contributed by atoms with van der Waals surface area (Å²) in [4.78, 5) is 10.8. The number of carboxylic acid groups (broad SMARTS) is 1. The van der Waals surface area contributed by atoms with Crippen LogP contribution in [0.2, 0.25) is 0 Å². The van der Waals surface area contributed by atoms with Crippen LogP contribution in [0.5, 0.6) is 5.75 Å². The van der Waals surface area contributed by atoms with Crippen molar-refractivity contribution in [3.63, 3.8) is 0 Å². The van der Waals surface area contributed by atoms with Crippen LogP contribution < -0.4 is 4.74 Å². The minimum Gasteiger partial charge on any atom is -0.491 e. The van der Waals surface area contributed by atoms with Crippen molar-refractivity contribution in [3.05, 3.63) is 29.8 Å². The Morgan fingerprint density at radius 2 is 2.00 bits per heavy atom. The molecule has 2 rings (SSSR count). The monoisotopic (exact) mass is 278 g/mol. The van der Waals surface area contributed by atoms with Gasteiger partial charge in [0.2, 0.25) is 0 Å². The summed E-state index contributed by atoms with van der Waals surface area (Å²) in [5, 5.41) is 8.88. The van der Waals surface area contributed by atoms with Crippen molar-refractivity contribution >= 4 is 5.97 Å². The number of hydrogen-bond acceptors (Lipinski definition) is 3. The van der Waals surface area contributed by atoms with Crippen molar-refractivity contribution in [3.8, 4) is 5.75 Å². The molecule has 0 heterocycles. The zero-order valence-electron chi connectivity index (χ0n) is 11.7. The third kappa shape index (κ3) is 4.85. The third-order valence-electron chi connectivity index (χ3n) is 3.66. The summed E-state index contributed by atoms with van der Waals surface area (Å²) in [6, 6.07) is 6.52. The Morgan fingerprint density at radius 1 is 1.20 bits per heavy atom. The molecule has 20 heavy (non-hydrogen) atoms. The molecule has 4 heteroatoms. The third-order valence-corrected chi connectivity index (χ3v) is 3.66. The average molecular weight is 278 g/mol. The maximum absolute atomic E-state index is 10.8. The van der Waals surface area contributed by atoms with Gasteiger partial charge in [-0.25, -0.2) is 4.79 Å². The molecule has 0 aromatic heterocycles. The molecule has 1 aliphatic rings. The van der Waals surface area contributed by atoms with E-state index in [1.165, 1.54) is 38.2 Å². The Balaban J connectivity index is 1.63. The number of benzene rings is 1. The molecule has 0 unspecified atom stereocenters. The van der Waals surface area contributed by atoms with Gasteiger partial charge < -0.3 is 14.6 Å². The molecule has 1 fully saturated rings. The van der Waals surface area contributed by atoms with Gasteiger partial charge in [0, 0.05) is 6.61 Å². The number of ether oxygens (including phenoxy) is 2. The van der Waals surface area contributed by atoms with E-state index in [4.69, 9.17) is 14.6 Å². The molecule has 0 radical (unpaired) electrons. The summed E-state index contributed by atoms with van der Waals surface area (Å²) >= 11 is 0. The SMILES string of the molecule is O=C(O)c1cccc(OCCOCC2CCCCC2)c1. The van der Waals surface area contributed by atoms with E-state index >= 15 is 0 Å². The van der Waals surface area contributed by atoms with Gasteiger partial charge in [-0.2, -0.15) is 0 Å².